The van der Waals surface area contributed by atoms with Gasteiger partial charge in [-0.1, -0.05) is 0 Å². The van der Waals surface area contributed by atoms with Crippen LogP contribution in [0.15, 0.2) is 0 Å². The molecule has 0 aliphatic rings. The average molecular weight is 546 g/mol. The van der Waals surface area contributed by atoms with E-state index in [-0.39, 0.29) is 68.9 Å². The van der Waals surface area contributed by atoms with Crippen molar-refractivity contribution in [1.82, 2.24) is 0 Å². The molecule has 0 aromatic carbocycles. The minimum absolute atomic E-state index is 0. The predicted molar refractivity (Wildman–Crippen MR) is 40.7 cm³/mol. The van der Waals surface area contributed by atoms with Crippen LogP contribution >= 0.6 is 0 Å². The first-order chi connectivity index (χ1) is 10.4. The summed E-state index contributed by atoms with van der Waals surface area (Å²) in [5, 5.41) is 9.61. The Bertz CT molecular complexity index is 536. The first kappa shape index (κ1) is 28.7. The Kier molecular flexibility index (Phi) is 8.14. The van der Waals surface area contributed by atoms with Crippen molar-refractivity contribution in [2.24, 2.45) is 0 Å². The summed E-state index contributed by atoms with van der Waals surface area (Å²) in [6, 6.07) is 0. The number of hydrogen-bond acceptors (Lipinski definition) is 2. The summed E-state index contributed by atoms with van der Waals surface area (Å²) in [5.74, 6) is -53.3. The maximum absolute atomic E-state index is 12.8. The van der Waals surface area contributed by atoms with E-state index in [4.69, 9.17) is 0 Å². The normalized spacial score (nSPS) is 15.5. The van der Waals surface area contributed by atoms with Crippen LogP contribution < -0.4 is 74.0 Å². The van der Waals surface area contributed by atoms with Crippen LogP contribution in [-0.4, -0.2) is 47.7 Å². The molecule has 0 N–H and O–H groups in total. The Hall–Kier alpha value is 0.472. The van der Waals surface area contributed by atoms with Crippen LogP contribution in [0.2, 0.25) is 0 Å². The zero-order valence-corrected chi connectivity index (χ0v) is 17.8. The van der Waals surface area contributed by atoms with Crippen molar-refractivity contribution in [3.8, 4) is 0 Å². The molecule has 0 amide bonds. The summed E-state index contributed by atoms with van der Waals surface area (Å²) in [7, 11) is 0. The fourth-order valence-corrected chi connectivity index (χ4v) is 1.09. The third kappa shape index (κ3) is 3.69. The molecule has 0 rings (SSSR count). The van der Waals surface area contributed by atoms with Gasteiger partial charge in [0.25, 0.3) is 0 Å². The van der Waals surface area contributed by atoms with Crippen LogP contribution in [0, 0.1) is 0 Å². The van der Waals surface area contributed by atoms with E-state index in [2.05, 4.69) is 0 Å². The van der Waals surface area contributed by atoms with Gasteiger partial charge in [0, 0.05) is 0 Å². The second kappa shape index (κ2) is 7.38. The summed E-state index contributed by atoms with van der Waals surface area (Å²) >= 11 is 0. The molecule has 0 atom stereocenters. The van der Waals surface area contributed by atoms with Crippen molar-refractivity contribution in [2.45, 2.75) is 41.7 Å². The van der Waals surface area contributed by atoms with Crippen LogP contribution in [0.25, 0.3) is 0 Å². The number of hydrogen-bond donors (Lipinski definition) is 0. The van der Waals surface area contributed by atoms with Gasteiger partial charge in [0.15, 0.2) is 0 Å². The molecule has 0 aromatic heterocycles. The largest absolute Gasteiger partial charge is 1.00 e. The third-order valence-electron chi connectivity index (χ3n) is 2.58. The second-order valence-electron chi connectivity index (χ2n) is 4.23. The Labute approximate surface area is 190 Å². The Balaban J connectivity index is 0. The Morgan fingerprint density at radius 3 is 0.962 bits per heavy atom. The van der Waals surface area contributed by atoms with Gasteiger partial charge in [0.2, 0.25) is 0 Å². The molecule has 0 radical (unpaired) electrons. The molecule has 0 spiro atoms. The monoisotopic (exact) mass is 546 g/mol. The zero-order chi connectivity index (χ0) is 21.1. The molecular weight excluding hydrogens is 546 g/mol. The van der Waals surface area contributed by atoms with Crippen molar-refractivity contribution in [3.63, 3.8) is 0 Å². The molecule has 0 saturated heterocycles. The van der Waals surface area contributed by atoms with Crippen molar-refractivity contribution < 1.29 is 145 Å². The van der Waals surface area contributed by atoms with Crippen molar-refractivity contribution in [1.29, 1.82) is 0 Å². The van der Waals surface area contributed by atoms with E-state index in [1.165, 1.54) is 0 Å². The van der Waals surface area contributed by atoms with E-state index in [1.807, 2.05) is 0 Å². The standard InChI is InChI=1S/C8HF15O2.Cs/c9-2(10,1(24)25)3(11,12)4(13,14)5(15,16)6(17,18)7(19,20)8(21,22)23;/h(H,24,25);/q;+1/p-1. The van der Waals surface area contributed by atoms with E-state index in [1.54, 1.807) is 0 Å². The molecule has 0 fully saturated rings. The van der Waals surface area contributed by atoms with E-state index >= 15 is 0 Å². The van der Waals surface area contributed by atoms with Crippen LogP contribution in [-0.2, 0) is 4.79 Å². The first-order valence-electron chi connectivity index (χ1n) is 4.99. The smallest absolute Gasteiger partial charge is 0.544 e. The number of alkyl halides is 15. The maximum Gasteiger partial charge on any atom is 1.00 e. The first-order valence-corrected chi connectivity index (χ1v) is 4.99. The van der Waals surface area contributed by atoms with Gasteiger partial charge < -0.3 is 9.90 Å². The summed E-state index contributed by atoms with van der Waals surface area (Å²) in [4.78, 5) is 9.61. The van der Waals surface area contributed by atoms with Crippen LogP contribution in [0.5, 0.6) is 0 Å². The third-order valence-corrected chi connectivity index (χ3v) is 2.58. The molecule has 0 aliphatic carbocycles. The molecule has 0 aromatic rings. The van der Waals surface area contributed by atoms with Gasteiger partial charge in [-0.15, -0.1) is 0 Å². The van der Waals surface area contributed by atoms with E-state index in [0.717, 1.165) is 0 Å². The predicted octanol–water partition coefficient (Wildman–Crippen LogP) is 0.114. The molecule has 0 bridgehead atoms. The van der Waals surface area contributed by atoms with Crippen molar-refractivity contribution in [3.05, 3.63) is 0 Å². The molecule has 18 heteroatoms. The minimum Gasteiger partial charge on any atom is -0.544 e. The van der Waals surface area contributed by atoms with E-state index < -0.39 is 47.7 Å². The number of halogens is 15. The minimum atomic E-state index is -8.50. The molecule has 26 heavy (non-hydrogen) atoms. The van der Waals surface area contributed by atoms with Gasteiger partial charge in [0.1, 0.15) is 5.97 Å². The van der Waals surface area contributed by atoms with Gasteiger partial charge >= 0.3 is 111 Å². The van der Waals surface area contributed by atoms with Crippen LogP contribution in [0.3, 0.4) is 0 Å². The second-order valence-corrected chi connectivity index (χ2v) is 4.23. The molecule has 150 valence electrons. The van der Waals surface area contributed by atoms with Crippen LogP contribution in [0.1, 0.15) is 0 Å². The Morgan fingerprint density at radius 2 is 0.731 bits per heavy atom. The van der Waals surface area contributed by atoms with E-state index in [9.17, 15) is 75.8 Å². The van der Waals surface area contributed by atoms with E-state index in [0.29, 0.717) is 0 Å². The van der Waals surface area contributed by atoms with Gasteiger partial charge in [-0.2, -0.15) is 65.9 Å². The number of rotatable bonds is 6. The SMILES string of the molecule is O=C([O-])C(F)(F)C(F)(F)C(F)(F)C(F)(F)C(F)(F)C(F)(F)C(F)(F)F.[Cs+]. The molecule has 0 unspecified atom stereocenters. The number of carbonyl (C=O) groups is 1. The summed E-state index contributed by atoms with van der Waals surface area (Å²) in [5.41, 5.74) is 0. The van der Waals surface area contributed by atoms with Crippen molar-refractivity contribution in [2.75, 3.05) is 0 Å². The quantitative estimate of drug-likeness (QED) is 0.445. The molecular formula is C8CsF15O2. The zero-order valence-electron chi connectivity index (χ0n) is 11.5. The molecule has 0 heterocycles. The van der Waals surface area contributed by atoms with Gasteiger partial charge in [-0.3, -0.25) is 0 Å². The topological polar surface area (TPSA) is 40.1 Å². The molecule has 0 aliphatic heterocycles. The summed E-state index contributed by atoms with van der Waals surface area (Å²) in [6.45, 7) is 0. The Morgan fingerprint density at radius 1 is 0.500 bits per heavy atom. The fourth-order valence-electron chi connectivity index (χ4n) is 1.09. The number of carbonyl (C=O) groups excluding carboxylic acids is 1. The molecule has 2 nitrogen and oxygen atoms in total. The van der Waals surface area contributed by atoms with Gasteiger partial charge in [-0.05, 0) is 0 Å². The van der Waals surface area contributed by atoms with Gasteiger partial charge in [0.05, 0.1) is 0 Å². The number of aliphatic carboxylic acids is 1. The molecule has 0 saturated carbocycles. The summed E-state index contributed by atoms with van der Waals surface area (Å²) in [6.07, 6.45) is -7.71. The summed E-state index contributed by atoms with van der Waals surface area (Å²) < 4.78 is 186. The average Bonchev–Trinajstić information content (AvgIpc) is 2.35. The number of carboxylic acid groups (broad SMARTS) is 1. The maximum atomic E-state index is 12.8. The van der Waals surface area contributed by atoms with Crippen LogP contribution in [0.4, 0.5) is 65.9 Å². The number of carboxylic acids is 1. The van der Waals surface area contributed by atoms with Crippen molar-refractivity contribution >= 4 is 5.97 Å². The van der Waals surface area contributed by atoms with Gasteiger partial charge in [-0.25, -0.2) is 0 Å². The fraction of sp³-hybridized carbons (Fsp3) is 0.875.